The summed E-state index contributed by atoms with van der Waals surface area (Å²) in [5, 5.41) is 0. The van der Waals surface area contributed by atoms with Crippen molar-refractivity contribution in [3.05, 3.63) is 24.4 Å². The largest absolute Gasteiger partial charge is 0.250 e. The van der Waals surface area contributed by atoms with Crippen molar-refractivity contribution in [3.8, 4) is 0 Å². The molecule has 17 heavy (non-hydrogen) atoms. The molecule has 0 amide bonds. The Balaban J connectivity index is 1.91. The average molecular weight is 228 g/mol. The van der Waals surface area contributed by atoms with Gasteiger partial charge in [0.2, 0.25) is 0 Å². The lowest BCUT2D eigenvalue weighted by Gasteiger charge is -2.08. The second-order valence-electron chi connectivity index (χ2n) is 4.78. The van der Waals surface area contributed by atoms with Crippen LogP contribution in [0.25, 0.3) is 11.2 Å². The SMILES string of the molecule is CCC1CCC(c2ncc3nccnc3n2)C1. The molecule has 2 atom stereocenters. The first-order chi connectivity index (χ1) is 8.36. The maximum absolute atomic E-state index is 4.54. The number of aromatic nitrogens is 4. The molecule has 2 aromatic rings. The highest BCUT2D eigenvalue weighted by Crippen LogP contribution is 2.38. The summed E-state index contributed by atoms with van der Waals surface area (Å²) in [4.78, 5) is 17.4. The summed E-state index contributed by atoms with van der Waals surface area (Å²) >= 11 is 0. The first-order valence-corrected chi connectivity index (χ1v) is 6.30. The Bertz CT molecular complexity index is 526. The molecule has 1 saturated carbocycles. The van der Waals surface area contributed by atoms with Crippen molar-refractivity contribution in [1.29, 1.82) is 0 Å². The fraction of sp³-hybridized carbons (Fsp3) is 0.538. The minimum absolute atomic E-state index is 0.520. The van der Waals surface area contributed by atoms with Crippen LogP contribution < -0.4 is 0 Å². The van der Waals surface area contributed by atoms with Crippen LogP contribution in [0, 0.1) is 5.92 Å². The van der Waals surface area contributed by atoms with Crippen LogP contribution in [-0.2, 0) is 0 Å². The number of rotatable bonds is 2. The van der Waals surface area contributed by atoms with Crippen molar-refractivity contribution in [2.45, 2.75) is 38.5 Å². The van der Waals surface area contributed by atoms with Crippen LogP contribution in [-0.4, -0.2) is 19.9 Å². The molecular weight excluding hydrogens is 212 g/mol. The van der Waals surface area contributed by atoms with Crippen LogP contribution in [0.3, 0.4) is 0 Å². The molecule has 0 spiro atoms. The van der Waals surface area contributed by atoms with E-state index in [1.807, 2.05) is 0 Å². The van der Waals surface area contributed by atoms with Gasteiger partial charge in [0.1, 0.15) is 11.3 Å². The molecule has 3 rings (SSSR count). The number of nitrogens with zero attached hydrogens (tertiary/aromatic N) is 4. The van der Waals surface area contributed by atoms with Gasteiger partial charge in [0.05, 0.1) is 6.20 Å². The van der Waals surface area contributed by atoms with Gasteiger partial charge in [-0.2, -0.15) is 0 Å². The molecule has 2 unspecified atom stereocenters. The third-order valence-electron chi connectivity index (χ3n) is 3.73. The van der Waals surface area contributed by atoms with Gasteiger partial charge in [0.25, 0.3) is 0 Å². The van der Waals surface area contributed by atoms with Gasteiger partial charge in [0.15, 0.2) is 5.65 Å². The highest BCUT2D eigenvalue weighted by atomic mass is 15.0. The molecule has 0 aromatic carbocycles. The summed E-state index contributed by atoms with van der Waals surface area (Å²) in [5.41, 5.74) is 1.50. The molecule has 88 valence electrons. The van der Waals surface area contributed by atoms with E-state index >= 15 is 0 Å². The minimum atomic E-state index is 0.520. The van der Waals surface area contributed by atoms with Gasteiger partial charge in [0, 0.05) is 18.3 Å². The quantitative estimate of drug-likeness (QED) is 0.793. The fourth-order valence-electron chi connectivity index (χ4n) is 2.66. The van der Waals surface area contributed by atoms with Crippen molar-refractivity contribution >= 4 is 11.2 Å². The summed E-state index contributed by atoms with van der Waals surface area (Å²) in [6, 6.07) is 0. The van der Waals surface area contributed by atoms with Gasteiger partial charge in [-0.25, -0.2) is 19.9 Å². The molecule has 1 aliphatic rings. The van der Waals surface area contributed by atoms with E-state index < -0.39 is 0 Å². The maximum atomic E-state index is 4.54. The van der Waals surface area contributed by atoms with Crippen molar-refractivity contribution in [2.24, 2.45) is 5.92 Å². The van der Waals surface area contributed by atoms with Gasteiger partial charge in [-0.1, -0.05) is 13.3 Å². The third kappa shape index (κ3) is 1.99. The van der Waals surface area contributed by atoms with Gasteiger partial charge in [-0.05, 0) is 25.2 Å². The lowest BCUT2D eigenvalue weighted by atomic mass is 10.0. The zero-order valence-corrected chi connectivity index (χ0v) is 10.0. The van der Waals surface area contributed by atoms with E-state index in [-0.39, 0.29) is 0 Å². The summed E-state index contributed by atoms with van der Waals surface area (Å²) in [7, 11) is 0. The van der Waals surface area contributed by atoms with Crippen molar-refractivity contribution in [2.75, 3.05) is 0 Å². The Hall–Kier alpha value is -1.58. The van der Waals surface area contributed by atoms with E-state index in [4.69, 9.17) is 0 Å². The molecule has 1 aliphatic carbocycles. The molecule has 0 aliphatic heterocycles. The molecule has 0 radical (unpaired) electrons. The Kier molecular flexibility index (Phi) is 2.71. The maximum Gasteiger partial charge on any atom is 0.181 e. The van der Waals surface area contributed by atoms with E-state index in [1.54, 1.807) is 18.6 Å². The highest BCUT2D eigenvalue weighted by molar-refractivity contribution is 5.67. The summed E-state index contributed by atoms with van der Waals surface area (Å²) in [5.74, 6) is 2.32. The Morgan fingerprint density at radius 1 is 1.18 bits per heavy atom. The zero-order valence-electron chi connectivity index (χ0n) is 10.0. The van der Waals surface area contributed by atoms with Crippen molar-refractivity contribution in [1.82, 2.24) is 19.9 Å². The van der Waals surface area contributed by atoms with Crippen LogP contribution >= 0.6 is 0 Å². The van der Waals surface area contributed by atoms with Crippen LogP contribution in [0.4, 0.5) is 0 Å². The zero-order chi connectivity index (χ0) is 11.7. The summed E-state index contributed by atoms with van der Waals surface area (Å²) in [6.07, 6.45) is 10.2. The van der Waals surface area contributed by atoms with Gasteiger partial charge >= 0.3 is 0 Å². The van der Waals surface area contributed by atoms with Crippen molar-refractivity contribution < 1.29 is 0 Å². The first-order valence-electron chi connectivity index (χ1n) is 6.30. The Labute approximate surface area is 101 Å². The van der Waals surface area contributed by atoms with Crippen LogP contribution in [0.2, 0.25) is 0 Å². The second kappa shape index (κ2) is 4.35. The van der Waals surface area contributed by atoms with Gasteiger partial charge in [-0.3, -0.25) is 0 Å². The summed E-state index contributed by atoms with van der Waals surface area (Å²) in [6.45, 7) is 2.26. The van der Waals surface area contributed by atoms with Gasteiger partial charge < -0.3 is 0 Å². The minimum Gasteiger partial charge on any atom is -0.250 e. The average Bonchev–Trinajstić information content (AvgIpc) is 2.87. The molecule has 1 fully saturated rings. The highest BCUT2D eigenvalue weighted by Gasteiger charge is 2.26. The normalized spacial score (nSPS) is 24.3. The standard InChI is InChI=1S/C13H16N4/c1-2-9-3-4-10(7-9)12-16-8-11-13(17-12)15-6-5-14-11/h5-6,8-10H,2-4,7H2,1H3. The Morgan fingerprint density at radius 2 is 2.06 bits per heavy atom. The van der Waals surface area contributed by atoms with Crippen LogP contribution in [0.1, 0.15) is 44.3 Å². The van der Waals surface area contributed by atoms with E-state index in [1.165, 1.54) is 25.7 Å². The molecular formula is C13H16N4. The number of hydrogen-bond acceptors (Lipinski definition) is 4. The molecule has 0 saturated heterocycles. The molecule has 2 aromatic heterocycles. The van der Waals surface area contributed by atoms with Crippen LogP contribution in [0.15, 0.2) is 18.6 Å². The third-order valence-corrected chi connectivity index (χ3v) is 3.73. The monoisotopic (exact) mass is 228 g/mol. The van der Waals surface area contributed by atoms with E-state index in [9.17, 15) is 0 Å². The predicted molar refractivity (Wildman–Crippen MR) is 65.5 cm³/mol. The van der Waals surface area contributed by atoms with E-state index in [0.29, 0.717) is 5.92 Å². The topological polar surface area (TPSA) is 51.6 Å². The molecule has 0 N–H and O–H groups in total. The van der Waals surface area contributed by atoms with E-state index in [0.717, 1.165) is 22.9 Å². The molecule has 0 bridgehead atoms. The van der Waals surface area contributed by atoms with E-state index in [2.05, 4.69) is 26.9 Å². The fourth-order valence-corrected chi connectivity index (χ4v) is 2.66. The number of hydrogen-bond donors (Lipinski definition) is 0. The van der Waals surface area contributed by atoms with Gasteiger partial charge in [-0.15, -0.1) is 0 Å². The molecule has 2 heterocycles. The second-order valence-corrected chi connectivity index (χ2v) is 4.78. The lowest BCUT2D eigenvalue weighted by Crippen LogP contribution is -2.02. The van der Waals surface area contributed by atoms with Crippen molar-refractivity contribution in [3.63, 3.8) is 0 Å². The summed E-state index contributed by atoms with van der Waals surface area (Å²) < 4.78 is 0. The molecule has 4 nitrogen and oxygen atoms in total. The first kappa shape index (κ1) is 10.6. The molecule has 4 heteroatoms. The lowest BCUT2D eigenvalue weighted by molar-refractivity contribution is 0.517. The smallest absolute Gasteiger partial charge is 0.181 e. The predicted octanol–water partition coefficient (Wildman–Crippen LogP) is 2.71. The Morgan fingerprint density at radius 3 is 2.88 bits per heavy atom. The van der Waals surface area contributed by atoms with Crippen LogP contribution in [0.5, 0.6) is 0 Å². The number of fused-ring (bicyclic) bond motifs is 1.